The molecule has 0 aliphatic heterocycles. The van der Waals surface area contributed by atoms with E-state index in [1.165, 1.54) is 6.07 Å². The summed E-state index contributed by atoms with van der Waals surface area (Å²) in [5.41, 5.74) is 7.51. The summed E-state index contributed by atoms with van der Waals surface area (Å²) in [6.45, 7) is 1.97. The molecule has 2 rings (SSSR count). The van der Waals surface area contributed by atoms with E-state index in [-0.39, 0.29) is 5.56 Å². The molecule has 1 heterocycles. The molecule has 0 saturated heterocycles. The van der Waals surface area contributed by atoms with Gasteiger partial charge in [-0.15, -0.1) is 6.42 Å². The largest absolute Gasteiger partial charge is 0.384 e. The fourth-order valence-electron chi connectivity index (χ4n) is 1.83. The minimum atomic E-state index is -0.392. The average molecular weight is 214 g/mol. The van der Waals surface area contributed by atoms with Crippen LogP contribution in [0.4, 0.5) is 10.2 Å². The van der Waals surface area contributed by atoms with E-state index in [1.807, 2.05) is 6.92 Å². The second-order valence-electron chi connectivity index (χ2n) is 3.52. The number of aromatic nitrogens is 1. The van der Waals surface area contributed by atoms with Gasteiger partial charge in [0.25, 0.3) is 0 Å². The number of hydrogen-bond acceptors (Lipinski definition) is 2. The number of benzene rings is 1. The first-order valence-corrected chi connectivity index (χ1v) is 5.01. The maximum atomic E-state index is 13.5. The number of pyridine rings is 1. The third-order valence-electron chi connectivity index (χ3n) is 2.55. The Bertz CT molecular complexity index is 597. The third kappa shape index (κ3) is 1.49. The van der Waals surface area contributed by atoms with E-state index in [1.54, 1.807) is 12.1 Å². The van der Waals surface area contributed by atoms with Gasteiger partial charge in [-0.3, -0.25) is 0 Å². The molecule has 80 valence electrons. The Morgan fingerprint density at radius 1 is 1.50 bits per heavy atom. The molecule has 16 heavy (non-hydrogen) atoms. The van der Waals surface area contributed by atoms with Gasteiger partial charge in [0.05, 0.1) is 11.1 Å². The van der Waals surface area contributed by atoms with Gasteiger partial charge >= 0.3 is 0 Å². The average Bonchev–Trinajstić information content (AvgIpc) is 2.28. The van der Waals surface area contributed by atoms with Gasteiger partial charge in [-0.2, -0.15) is 0 Å². The predicted molar refractivity (Wildman–Crippen MR) is 63.4 cm³/mol. The van der Waals surface area contributed by atoms with E-state index in [2.05, 4.69) is 10.9 Å². The highest BCUT2D eigenvalue weighted by molar-refractivity contribution is 5.89. The van der Waals surface area contributed by atoms with Gasteiger partial charge in [-0.05, 0) is 30.2 Å². The summed E-state index contributed by atoms with van der Waals surface area (Å²) < 4.78 is 13.5. The highest BCUT2D eigenvalue weighted by Gasteiger charge is 2.10. The first-order valence-electron chi connectivity index (χ1n) is 5.01. The number of halogens is 1. The van der Waals surface area contributed by atoms with Crippen molar-refractivity contribution in [1.82, 2.24) is 4.98 Å². The summed E-state index contributed by atoms with van der Waals surface area (Å²) in [7, 11) is 0. The number of terminal acetylenes is 1. The molecule has 0 atom stereocenters. The molecule has 2 nitrogen and oxygen atoms in total. The van der Waals surface area contributed by atoms with Crippen LogP contribution < -0.4 is 5.73 Å². The topological polar surface area (TPSA) is 38.9 Å². The first kappa shape index (κ1) is 10.4. The lowest BCUT2D eigenvalue weighted by Gasteiger charge is -2.08. The lowest BCUT2D eigenvalue weighted by atomic mass is 10.0. The Kier molecular flexibility index (Phi) is 2.49. The van der Waals surface area contributed by atoms with Crippen LogP contribution in [0.2, 0.25) is 0 Å². The monoisotopic (exact) mass is 214 g/mol. The lowest BCUT2D eigenvalue weighted by molar-refractivity contribution is 0.626. The number of aryl methyl sites for hydroxylation is 1. The molecule has 0 amide bonds. The molecule has 0 unspecified atom stereocenters. The highest BCUT2D eigenvalue weighted by Crippen LogP contribution is 2.25. The first-order chi connectivity index (χ1) is 7.67. The molecule has 3 heteroatoms. The molecule has 0 spiro atoms. The Morgan fingerprint density at radius 3 is 2.88 bits per heavy atom. The van der Waals surface area contributed by atoms with Crippen molar-refractivity contribution in [3.05, 3.63) is 35.1 Å². The van der Waals surface area contributed by atoms with Crippen LogP contribution in [-0.4, -0.2) is 4.98 Å². The van der Waals surface area contributed by atoms with E-state index in [9.17, 15) is 4.39 Å². The van der Waals surface area contributed by atoms with Crippen LogP contribution in [0.1, 0.15) is 18.1 Å². The minimum absolute atomic E-state index is 0.266. The van der Waals surface area contributed by atoms with Crippen LogP contribution in [0.5, 0.6) is 0 Å². The van der Waals surface area contributed by atoms with Crippen molar-refractivity contribution in [2.75, 3.05) is 5.73 Å². The summed E-state index contributed by atoms with van der Waals surface area (Å²) in [6.07, 6.45) is 6.07. The van der Waals surface area contributed by atoms with E-state index >= 15 is 0 Å². The molecular formula is C13H11FN2. The summed E-state index contributed by atoms with van der Waals surface area (Å²) >= 11 is 0. The normalized spacial score (nSPS) is 10.3. The van der Waals surface area contributed by atoms with Crippen molar-refractivity contribution in [3.8, 4) is 12.3 Å². The van der Waals surface area contributed by atoms with Crippen LogP contribution in [-0.2, 0) is 6.42 Å². The zero-order valence-corrected chi connectivity index (χ0v) is 8.92. The maximum absolute atomic E-state index is 13.5. The van der Waals surface area contributed by atoms with Crippen LogP contribution in [0.15, 0.2) is 18.2 Å². The van der Waals surface area contributed by atoms with Gasteiger partial charge in [0, 0.05) is 5.39 Å². The lowest BCUT2D eigenvalue weighted by Crippen LogP contribution is -1.98. The molecule has 1 aromatic heterocycles. The molecule has 2 aromatic rings. The highest BCUT2D eigenvalue weighted by atomic mass is 19.1. The van der Waals surface area contributed by atoms with Gasteiger partial charge in [0.15, 0.2) is 0 Å². The number of nitrogens with zero attached hydrogens (tertiary/aromatic N) is 1. The van der Waals surface area contributed by atoms with Crippen molar-refractivity contribution in [1.29, 1.82) is 0 Å². The smallest absolute Gasteiger partial charge is 0.139 e. The molecule has 0 aliphatic rings. The van der Waals surface area contributed by atoms with Crippen molar-refractivity contribution in [2.45, 2.75) is 13.3 Å². The Labute approximate surface area is 93.3 Å². The molecule has 1 aromatic carbocycles. The molecule has 0 fully saturated rings. The van der Waals surface area contributed by atoms with Gasteiger partial charge < -0.3 is 5.73 Å². The van der Waals surface area contributed by atoms with Crippen LogP contribution >= 0.6 is 0 Å². The Morgan fingerprint density at radius 2 is 2.25 bits per heavy atom. The summed E-state index contributed by atoms with van der Waals surface area (Å²) in [5, 5.41) is 0.694. The second-order valence-corrected chi connectivity index (χ2v) is 3.52. The maximum Gasteiger partial charge on any atom is 0.139 e. The van der Waals surface area contributed by atoms with Gasteiger partial charge in [0.2, 0.25) is 0 Å². The molecule has 0 radical (unpaired) electrons. The zero-order valence-electron chi connectivity index (χ0n) is 8.92. The standard InChI is InChI=1S/C13H11FN2/c1-3-8-7-12(15)16-11-6-5-10(14)9(4-2)13(8)11/h2,5-7H,3H2,1H3,(H2,15,16). The van der Waals surface area contributed by atoms with Crippen molar-refractivity contribution >= 4 is 16.7 Å². The van der Waals surface area contributed by atoms with E-state index in [4.69, 9.17) is 12.2 Å². The molecule has 0 aliphatic carbocycles. The fourth-order valence-corrected chi connectivity index (χ4v) is 1.83. The van der Waals surface area contributed by atoms with Crippen molar-refractivity contribution in [2.24, 2.45) is 0 Å². The molecule has 0 saturated carbocycles. The van der Waals surface area contributed by atoms with E-state index < -0.39 is 5.82 Å². The van der Waals surface area contributed by atoms with E-state index in [0.717, 1.165) is 12.0 Å². The zero-order chi connectivity index (χ0) is 11.7. The molecule has 0 bridgehead atoms. The number of fused-ring (bicyclic) bond motifs is 1. The van der Waals surface area contributed by atoms with Crippen molar-refractivity contribution in [3.63, 3.8) is 0 Å². The van der Waals surface area contributed by atoms with Crippen LogP contribution in [0.25, 0.3) is 10.9 Å². The molecular weight excluding hydrogens is 203 g/mol. The van der Waals surface area contributed by atoms with Gasteiger partial charge in [-0.1, -0.05) is 12.8 Å². The van der Waals surface area contributed by atoms with Gasteiger partial charge in [0.1, 0.15) is 11.6 Å². The van der Waals surface area contributed by atoms with Crippen LogP contribution in [0.3, 0.4) is 0 Å². The SMILES string of the molecule is C#Cc1c(F)ccc2nc(N)cc(CC)c12. The predicted octanol–water partition coefficient (Wildman–Crippen LogP) is 2.50. The number of nitrogens with two attached hydrogens (primary N) is 1. The minimum Gasteiger partial charge on any atom is -0.384 e. The Balaban J connectivity index is 2.97. The number of nitrogen functional groups attached to an aromatic ring is 1. The summed E-state index contributed by atoms with van der Waals surface area (Å²) in [6, 6.07) is 4.66. The third-order valence-corrected chi connectivity index (χ3v) is 2.55. The summed E-state index contributed by atoms with van der Waals surface area (Å²) in [5.74, 6) is 2.41. The van der Waals surface area contributed by atoms with Gasteiger partial charge in [-0.25, -0.2) is 9.37 Å². The number of hydrogen-bond donors (Lipinski definition) is 1. The second kappa shape index (κ2) is 3.82. The van der Waals surface area contributed by atoms with Crippen molar-refractivity contribution < 1.29 is 4.39 Å². The fraction of sp³-hybridized carbons (Fsp3) is 0.154. The summed E-state index contributed by atoms with van der Waals surface area (Å²) in [4.78, 5) is 4.15. The quantitative estimate of drug-likeness (QED) is 0.741. The Hall–Kier alpha value is -2.08. The molecule has 2 N–H and O–H groups in total. The van der Waals surface area contributed by atoms with Crippen LogP contribution in [0, 0.1) is 18.2 Å². The number of anilines is 1. The number of rotatable bonds is 1. The van der Waals surface area contributed by atoms with E-state index in [0.29, 0.717) is 16.7 Å².